The summed E-state index contributed by atoms with van der Waals surface area (Å²) in [5.74, 6) is -2.14. The number of carbonyl (C=O) groups is 3. The van der Waals surface area contributed by atoms with Gasteiger partial charge in [0.2, 0.25) is 0 Å². The number of esters is 1. The molecule has 0 saturated heterocycles. The molecule has 2 N–H and O–H groups in total. The highest BCUT2D eigenvalue weighted by Crippen LogP contribution is 2.09. The van der Waals surface area contributed by atoms with Gasteiger partial charge in [-0.2, -0.15) is 5.10 Å². The molecule has 0 aliphatic carbocycles. The highest BCUT2D eigenvalue weighted by Gasteiger charge is 2.12. The minimum atomic E-state index is -0.885. The number of amides is 2. The molecule has 0 aliphatic heterocycles. The predicted molar refractivity (Wildman–Crippen MR) is 93.3 cm³/mol. The first-order valence-corrected chi connectivity index (χ1v) is 7.39. The molecular weight excluding hydrogens is 322 g/mol. The third kappa shape index (κ3) is 5.28. The molecule has 0 bridgehead atoms. The van der Waals surface area contributed by atoms with Gasteiger partial charge in [0.15, 0.2) is 0 Å². The summed E-state index contributed by atoms with van der Waals surface area (Å²) in [6, 6.07) is 13.5. The lowest BCUT2D eigenvalue weighted by atomic mass is 10.1. The number of hydrogen-bond acceptors (Lipinski definition) is 5. The van der Waals surface area contributed by atoms with E-state index in [1.54, 1.807) is 42.5 Å². The number of hydrazone groups is 1. The molecule has 128 valence electrons. The summed E-state index contributed by atoms with van der Waals surface area (Å²) >= 11 is 0. The average molecular weight is 339 g/mol. The summed E-state index contributed by atoms with van der Waals surface area (Å²) in [4.78, 5) is 34.8. The van der Waals surface area contributed by atoms with Crippen molar-refractivity contribution in [1.82, 2.24) is 5.43 Å². The van der Waals surface area contributed by atoms with Crippen LogP contribution in [0.5, 0.6) is 0 Å². The van der Waals surface area contributed by atoms with Gasteiger partial charge in [-0.15, -0.1) is 0 Å². The minimum absolute atomic E-state index is 0.404. The minimum Gasteiger partial charge on any atom is -0.465 e. The number of rotatable bonds is 4. The van der Waals surface area contributed by atoms with E-state index in [1.165, 1.54) is 13.3 Å². The highest BCUT2D eigenvalue weighted by molar-refractivity contribution is 6.39. The Kier molecular flexibility index (Phi) is 6.00. The van der Waals surface area contributed by atoms with Crippen LogP contribution in [0.15, 0.2) is 53.6 Å². The zero-order valence-electron chi connectivity index (χ0n) is 13.8. The van der Waals surface area contributed by atoms with Gasteiger partial charge in [-0.05, 0) is 42.3 Å². The molecule has 2 aromatic carbocycles. The number of carbonyl (C=O) groups excluding carboxylic acids is 3. The number of nitrogens with zero attached hydrogens (tertiary/aromatic N) is 1. The van der Waals surface area contributed by atoms with Crippen LogP contribution in [0.3, 0.4) is 0 Å². The van der Waals surface area contributed by atoms with Crippen molar-refractivity contribution in [2.24, 2.45) is 5.10 Å². The molecule has 7 heteroatoms. The van der Waals surface area contributed by atoms with Crippen LogP contribution in [-0.2, 0) is 14.3 Å². The fourth-order valence-electron chi connectivity index (χ4n) is 1.95. The third-order valence-corrected chi connectivity index (χ3v) is 3.19. The summed E-state index contributed by atoms with van der Waals surface area (Å²) in [6.45, 7) is 1.88. The summed E-state index contributed by atoms with van der Waals surface area (Å²) < 4.78 is 4.60. The Balaban J connectivity index is 1.89. The highest BCUT2D eigenvalue weighted by atomic mass is 16.5. The molecular formula is C18H17N3O4. The Morgan fingerprint density at radius 3 is 2.40 bits per heavy atom. The predicted octanol–water partition coefficient (Wildman–Crippen LogP) is 1.87. The number of anilines is 1. The van der Waals surface area contributed by atoms with Gasteiger partial charge in [0.1, 0.15) is 0 Å². The largest absolute Gasteiger partial charge is 0.465 e. The molecule has 7 nitrogen and oxygen atoms in total. The van der Waals surface area contributed by atoms with E-state index < -0.39 is 17.8 Å². The van der Waals surface area contributed by atoms with Crippen molar-refractivity contribution >= 4 is 29.7 Å². The monoisotopic (exact) mass is 339 g/mol. The van der Waals surface area contributed by atoms with E-state index >= 15 is 0 Å². The number of hydrogen-bond donors (Lipinski definition) is 2. The van der Waals surface area contributed by atoms with Gasteiger partial charge in [0, 0.05) is 5.69 Å². The summed E-state index contributed by atoms with van der Waals surface area (Å²) in [5.41, 5.74) is 4.69. The zero-order chi connectivity index (χ0) is 18.2. The third-order valence-electron chi connectivity index (χ3n) is 3.19. The first-order valence-electron chi connectivity index (χ1n) is 7.39. The summed E-state index contributed by atoms with van der Waals surface area (Å²) in [7, 11) is 1.30. The molecule has 25 heavy (non-hydrogen) atoms. The van der Waals surface area contributed by atoms with Gasteiger partial charge in [-0.3, -0.25) is 9.59 Å². The Morgan fingerprint density at radius 1 is 1.04 bits per heavy atom. The second kappa shape index (κ2) is 8.39. The van der Waals surface area contributed by atoms with Crippen LogP contribution in [0, 0.1) is 6.92 Å². The quantitative estimate of drug-likeness (QED) is 0.385. The zero-order valence-corrected chi connectivity index (χ0v) is 13.8. The molecule has 2 aromatic rings. The fourth-order valence-corrected chi connectivity index (χ4v) is 1.95. The van der Waals surface area contributed by atoms with Gasteiger partial charge < -0.3 is 10.1 Å². The second-order valence-corrected chi connectivity index (χ2v) is 5.14. The van der Waals surface area contributed by atoms with E-state index in [4.69, 9.17) is 0 Å². The maximum absolute atomic E-state index is 11.8. The van der Waals surface area contributed by atoms with Crippen molar-refractivity contribution in [3.05, 3.63) is 65.2 Å². The molecule has 0 saturated carbocycles. The van der Waals surface area contributed by atoms with Crippen LogP contribution in [0.1, 0.15) is 21.5 Å². The Labute approximate surface area is 144 Å². The van der Waals surface area contributed by atoms with Gasteiger partial charge in [-0.25, -0.2) is 10.2 Å². The molecule has 0 aromatic heterocycles. The van der Waals surface area contributed by atoms with E-state index in [1.807, 2.05) is 13.0 Å². The van der Waals surface area contributed by atoms with Gasteiger partial charge >= 0.3 is 17.8 Å². The topological polar surface area (TPSA) is 96.9 Å². The molecule has 0 fully saturated rings. The van der Waals surface area contributed by atoms with Gasteiger partial charge in [0.25, 0.3) is 0 Å². The molecule has 0 radical (unpaired) electrons. The van der Waals surface area contributed by atoms with Gasteiger partial charge in [0.05, 0.1) is 18.9 Å². The SMILES string of the molecule is COC(=O)c1ccc(/C=N\NC(=O)C(=O)Nc2cccc(C)c2)cc1. The molecule has 2 amide bonds. The Bertz CT molecular complexity index is 813. The van der Waals surface area contributed by atoms with Crippen molar-refractivity contribution in [3.8, 4) is 0 Å². The first-order chi connectivity index (χ1) is 12.0. The fraction of sp³-hybridized carbons (Fsp3) is 0.111. The van der Waals surface area contributed by atoms with Crippen molar-refractivity contribution in [3.63, 3.8) is 0 Å². The lowest BCUT2D eigenvalue weighted by molar-refractivity contribution is -0.136. The second-order valence-electron chi connectivity index (χ2n) is 5.14. The molecule has 0 unspecified atom stereocenters. The first kappa shape index (κ1) is 17.9. The van der Waals surface area contributed by atoms with Crippen LogP contribution in [0.4, 0.5) is 5.69 Å². The molecule has 0 aliphatic rings. The summed E-state index contributed by atoms with van der Waals surface area (Å²) in [5, 5.41) is 6.20. The van der Waals surface area contributed by atoms with Crippen molar-refractivity contribution in [2.75, 3.05) is 12.4 Å². The lowest BCUT2D eigenvalue weighted by Gasteiger charge is -2.04. The molecule has 0 spiro atoms. The van der Waals surface area contributed by atoms with Crippen molar-refractivity contribution < 1.29 is 19.1 Å². The Hall–Kier alpha value is -3.48. The number of nitrogens with one attached hydrogen (secondary N) is 2. The van der Waals surface area contributed by atoms with Crippen LogP contribution < -0.4 is 10.7 Å². The average Bonchev–Trinajstić information content (AvgIpc) is 2.61. The maximum Gasteiger partial charge on any atom is 0.337 e. The number of methoxy groups -OCH3 is 1. The number of ether oxygens (including phenoxy) is 1. The number of aryl methyl sites for hydroxylation is 1. The van der Waals surface area contributed by atoms with Crippen molar-refractivity contribution in [2.45, 2.75) is 6.92 Å². The Morgan fingerprint density at radius 2 is 1.76 bits per heavy atom. The van der Waals surface area contributed by atoms with Crippen LogP contribution in [0.25, 0.3) is 0 Å². The van der Waals surface area contributed by atoms with Crippen molar-refractivity contribution in [1.29, 1.82) is 0 Å². The number of benzene rings is 2. The molecule has 0 atom stereocenters. The molecule has 2 rings (SSSR count). The van der Waals surface area contributed by atoms with Crippen LogP contribution in [0.2, 0.25) is 0 Å². The summed E-state index contributed by atoms with van der Waals surface area (Å²) in [6.07, 6.45) is 1.36. The van der Waals surface area contributed by atoms with E-state index in [0.717, 1.165) is 5.56 Å². The van der Waals surface area contributed by atoms with E-state index in [0.29, 0.717) is 16.8 Å². The standard InChI is InChI=1S/C18H17N3O4/c1-12-4-3-5-15(10-12)20-16(22)17(23)21-19-11-13-6-8-14(9-7-13)18(24)25-2/h3-11H,1-2H3,(H,20,22)(H,21,23)/b19-11-. The van der Waals surface area contributed by atoms with Crippen LogP contribution in [-0.4, -0.2) is 31.1 Å². The van der Waals surface area contributed by atoms with Crippen LogP contribution >= 0.6 is 0 Å². The smallest absolute Gasteiger partial charge is 0.337 e. The normalized spacial score (nSPS) is 10.3. The van der Waals surface area contributed by atoms with E-state index in [9.17, 15) is 14.4 Å². The maximum atomic E-state index is 11.8. The lowest BCUT2D eigenvalue weighted by Crippen LogP contribution is -2.32. The van der Waals surface area contributed by atoms with E-state index in [-0.39, 0.29) is 0 Å². The molecule has 0 heterocycles. The van der Waals surface area contributed by atoms with E-state index in [2.05, 4.69) is 20.6 Å². The van der Waals surface area contributed by atoms with Gasteiger partial charge in [-0.1, -0.05) is 24.3 Å².